The topological polar surface area (TPSA) is 75.2 Å². The molecule has 2 amide bonds. The highest BCUT2D eigenvalue weighted by Gasteiger charge is 2.33. The van der Waals surface area contributed by atoms with Crippen LogP contribution in [0.2, 0.25) is 5.02 Å². The Bertz CT molecular complexity index is 1030. The molecule has 1 aliphatic rings. The zero-order valence-electron chi connectivity index (χ0n) is 16.0. The van der Waals surface area contributed by atoms with Crippen LogP contribution in [0.3, 0.4) is 0 Å². The van der Waals surface area contributed by atoms with Gasteiger partial charge in [0.1, 0.15) is 5.01 Å². The van der Waals surface area contributed by atoms with E-state index in [0.717, 1.165) is 22.0 Å². The van der Waals surface area contributed by atoms with Crippen molar-refractivity contribution >= 4 is 57.3 Å². The fourth-order valence-corrected chi connectivity index (χ4v) is 4.94. The minimum atomic E-state index is -0.120. The van der Waals surface area contributed by atoms with Gasteiger partial charge < -0.3 is 4.90 Å². The Morgan fingerprint density at radius 3 is 2.70 bits per heavy atom. The third-order valence-corrected chi connectivity index (χ3v) is 6.90. The highest BCUT2D eigenvalue weighted by Crippen LogP contribution is 2.34. The summed E-state index contributed by atoms with van der Waals surface area (Å²) < 4.78 is 0. The molecule has 3 aromatic rings. The maximum absolute atomic E-state index is 12.4. The van der Waals surface area contributed by atoms with Crippen molar-refractivity contribution in [2.24, 2.45) is 0 Å². The summed E-state index contributed by atoms with van der Waals surface area (Å²) in [4.78, 5) is 26.4. The number of hydrogen-bond acceptors (Lipinski definition) is 6. The number of amides is 2. The Labute approximate surface area is 187 Å². The first-order valence-electron chi connectivity index (χ1n) is 9.39. The number of nitrogens with zero attached hydrogens (tertiary/aromatic N) is 3. The molecule has 0 spiro atoms. The van der Waals surface area contributed by atoms with Crippen LogP contribution in [0, 0.1) is 0 Å². The molecule has 1 unspecified atom stereocenters. The third-order valence-electron chi connectivity index (χ3n) is 4.64. The number of nitrogens with one attached hydrogen (secondary N) is 1. The zero-order valence-corrected chi connectivity index (χ0v) is 18.3. The number of halogens is 1. The molecule has 1 aliphatic heterocycles. The minimum absolute atomic E-state index is 0.0138. The van der Waals surface area contributed by atoms with Crippen LogP contribution in [0.15, 0.2) is 54.6 Å². The van der Waals surface area contributed by atoms with E-state index < -0.39 is 0 Å². The van der Waals surface area contributed by atoms with Gasteiger partial charge in [-0.1, -0.05) is 53.3 Å². The Morgan fingerprint density at radius 2 is 1.93 bits per heavy atom. The van der Waals surface area contributed by atoms with Crippen molar-refractivity contribution in [3.63, 3.8) is 0 Å². The van der Waals surface area contributed by atoms with Gasteiger partial charge in [0.25, 0.3) is 0 Å². The van der Waals surface area contributed by atoms with Crippen molar-refractivity contribution in [1.82, 2.24) is 10.2 Å². The second kappa shape index (κ2) is 9.59. The standard InChI is InChI=1S/C21H19ClN4O2S2/c22-16-8-6-14(7-9-16)12-29-13-18(27)23-21-25-24-20(30-21)15-10-19(28)26(11-15)17-4-2-1-3-5-17/h1-9,15H,10-13H2,(H,23,25,27). The molecule has 1 aromatic heterocycles. The van der Waals surface area contributed by atoms with Gasteiger partial charge in [-0.05, 0) is 29.8 Å². The van der Waals surface area contributed by atoms with Crippen molar-refractivity contribution in [3.8, 4) is 0 Å². The SMILES string of the molecule is O=C(CSCc1ccc(Cl)cc1)Nc1nnc(C2CC(=O)N(c3ccccc3)C2)s1. The van der Waals surface area contributed by atoms with Gasteiger partial charge in [0, 0.05) is 35.3 Å². The number of carbonyl (C=O) groups excluding carboxylic acids is 2. The number of carbonyl (C=O) groups is 2. The largest absolute Gasteiger partial charge is 0.312 e. The molecular weight excluding hydrogens is 440 g/mol. The molecule has 0 aliphatic carbocycles. The molecule has 0 bridgehead atoms. The van der Waals surface area contributed by atoms with E-state index in [1.165, 1.54) is 23.1 Å². The van der Waals surface area contributed by atoms with E-state index in [4.69, 9.17) is 11.6 Å². The molecule has 1 fully saturated rings. The molecule has 30 heavy (non-hydrogen) atoms. The van der Waals surface area contributed by atoms with Crippen molar-refractivity contribution in [1.29, 1.82) is 0 Å². The summed E-state index contributed by atoms with van der Waals surface area (Å²) in [5, 5.41) is 13.0. The van der Waals surface area contributed by atoms with Gasteiger partial charge in [-0.3, -0.25) is 14.9 Å². The van der Waals surface area contributed by atoms with Gasteiger partial charge in [-0.15, -0.1) is 22.0 Å². The lowest BCUT2D eigenvalue weighted by Gasteiger charge is -2.15. The average Bonchev–Trinajstić information content (AvgIpc) is 3.36. The molecule has 1 saturated heterocycles. The van der Waals surface area contributed by atoms with Gasteiger partial charge >= 0.3 is 0 Å². The summed E-state index contributed by atoms with van der Waals surface area (Å²) in [6, 6.07) is 17.2. The third kappa shape index (κ3) is 5.19. The number of benzene rings is 2. The summed E-state index contributed by atoms with van der Waals surface area (Å²) in [5.74, 6) is 0.989. The lowest BCUT2D eigenvalue weighted by Crippen LogP contribution is -2.24. The van der Waals surface area contributed by atoms with Gasteiger partial charge in [0.2, 0.25) is 16.9 Å². The Morgan fingerprint density at radius 1 is 1.17 bits per heavy atom. The lowest BCUT2D eigenvalue weighted by atomic mass is 10.1. The molecule has 0 radical (unpaired) electrons. The van der Waals surface area contributed by atoms with Crippen molar-refractivity contribution in [3.05, 3.63) is 70.2 Å². The van der Waals surface area contributed by atoms with Gasteiger partial charge in [0.15, 0.2) is 0 Å². The summed E-state index contributed by atoms with van der Waals surface area (Å²) in [5.41, 5.74) is 2.00. The van der Waals surface area contributed by atoms with Crippen molar-refractivity contribution in [2.75, 3.05) is 22.5 Å². The van der Waals surface area contributed by atoms with Crippen LogP contribution < -0.4 is 10.2 Å². The van der Waals surface area contributed by atoms with E-state index >= 15 is 0 Å². The molecule has 1 N–H and O–H groups in total. The van der Waals surface area contributed by atoms with E-state index in [2.05, 4.69) is 15.5 Å². The van der Waals surface area contributed by atoms with Crippen molar-refractivity contribution in [2.45, 2.75) is 18.1 Å². The number of hydrogen-bond donors (Lipinski definition) is 1. The van der Waals surface area contributed by atoms with Gasteiger partial charge in [-0.2, -0.15) is 0 Å². The van der Waals surface area contributed by atoms with Crippen LogP contribution in [-0.4, -0.2) is 34.3 Å². The smallest absolute Gasteiger partial charge is 0.236 e. The normalized spacial score (nSPS) is 16.1. The summed E-state index contributed by atoms with van der Waals surface area (Å²) in [7, 11) is 0. The first-order chi connectivity index (χ1) is 14.6. The Kier molecular flexibility index (Phi) is 6.66. The predicted molar refractivity (Wildman–Crippen MR) is 122 cm³/mol. The molecule has 6 nitrogen and oxygen atoms in total. The first kappa shape index (κ1) is 20.8. The van der Waals surface area contributed by atoms with Crippen LogP contribution in [0.1, 0.15) is 22.9 Å². The molecule has 9 heteroatoms. The van der Waals surface area contributed by atoms with Crippen LogP contribution >= 0.6 is 34.7 Å². The van der Waals surface area contributed by atoms with Crippen molar-refractivity contribution < 1.29 is 9.59 Å². The Hall–Kier alpha value is -2.42. The number of thioether (sulfide) groups is 1. The van der Waals surface area contributed by atoms with Crippen LogP contribution in [0.5, 0.6) is 0 Å². The number of aromatic nitrogens is 2. The highest BCUT2D eigenvalue weighted by molar-refractivity contribution is 7.99. The predicted octanol–water partition coefficient (Wildman–Crippen LogP) is 4.58. The zero-order chi connectivity index (χ0) is 20.9. The van der Waals surface area contributed by atoms with Gasteiger partial charge in [-0.25, -0.2) is 0 Å². The Balaban J connectivity index is 1.28. The van der Waals surface area contributed by atoms with Crippen LogP contribution in [0.25, 0.3) is 0 Å². The quantitative estimate of drug-likeness (QED) is 0.560. The summed E-state index contributed by atoms with van der Waals surface area (Å²) >= 11 is 8.73. The molecular formula is C21H19ClN4O2S2. The number of para-hydroxylation sites is 1. The average molecular weight is 459 g/mol. The second-order valence-electron chi connectivity index (χ2n) is 6.85. The molecule has 154 valence electrons. The van der Waals surface area contributed by atoms with E-state index in [-0.39, 0.29) is 17.7 Å². The molecule has 2 aromatic carbocycles. The van der Waals surface area contributed by atoms with Crippen LogP contribution in [-0.2, 0) is 15.3 Å². The highest BCUT2D eigenvalue weighted by atomic mass is 35.5. The molecule has 4 rings (SSSR count). The maximum Gasteiger partial charge on any atom is 0.236 e. The second-order valence-corrected chi connectivity index (χ2v) is 9.28. The van der Waals surface area contributed by atoms with E-state index in [9.17, 15) is 9.59 Å². The minimum Gasteiger partial charge on any atom is -0.312 e. The van der Waals surface area contributed by atoms with Gasteiger partial charge in [0.05, 0.1) is 5.75 Å². The maximum atomic E-state index is 12.4. The fourth-order valence-electron chi connectivity index (χ4n) is 3.18. The van der Waals surface area contributed by atoms with Crippen LogP contribution in [0.4, 0.5) is 10.8 Å². The van der Waals surface area contributed by atoms with E-state index in [1.807, 2.05) is 54.6 Å². The number of rotatable bonds is 7. The fraction of sp³-hybridized carbons (Fsp3) is 0.238. The molecule has 2 heterocycles. The lowest BCUT2D eigenvalue weighted by molar-refractivity contribution is -0.117. The molecule has 0 saturated carbocycles. The summed E-state index contributed by atoms with van der Waals surface area (Å²) in [6.45, 7) is 0.572. The first-order valence-corrected chi connectivity index (χ1v) is 11.7. The summed E-state index contributed by atoms with van der Waals surface area (Å²) in [6.07, 6.45) is 0.397. The number of anilines is 2. The van der Waals surface area contributed by atoms with E-state index in [0.29, 0.717) is 28.9 Å². The molecule has 1 atom stereocenters. The monoisotopic (exact) mass is 458 g/mol. The van der Waals surface area contributed by atoms with E-state index in [1.54, 1.807) is 4.90 Å².